The van der Waals surface area contributed by atoms with Gasteiger partial charge in [0.15, 0.2) is 0 Å². The first kappa shape index (κ1) is 10.3. The molecule has 0 aliphatic rings. The molecule has 0 bridgehead atoms. The van der Waals surface area contributed by atoms with Crippen LogP contribution in [0.25, 0.3) is 0 Å². The molecule has 0 aromatic carbocycles. The van der Waals surface area contributed by atoms with E-state index in [9.17, 15) is 9.59 Å². The molecule has 0 unspecified atom stereocenters. The predicted molar refractivity (Wildman–Crippen MR) is 25.7 cm³/mol. The first-order chi connectivity index (χ1) is 4.13. The molecule has 7 heteroatoms. The van der Waals surface area contributed by atoms with Crippen molar-refractivity contribution in [3.63, 3.8) is 0 Å². The fraction of sp³-hybridized carbons (Fsp3) is 0. The summed E-state index contributed by atoms with van der Waals surface area (Å²) in [6.07, 6.45) is -2.38. The Bertz CT molecular complexity index is 100. The molecular formula is C2H6N4O3. The van der Waals surface area contributed by atoms with Crippen LogP contribution >= 0.6 is 0 Å². The van der Waals surface area contributed by atoms with Gasteiger partial charge in [0.1, 0.15) is 0 Å². The van der Waals surface area contributed by atoms with Gasteiger partial charge in [-0.05, 0) is 0 Å². The van der Waals surface area contributed by atoms with E-state index >= 15 is 0 Å². The lowest BCUT2D eigenvalue weighted by molar-refractivity contribution is 0.164. The van der Waals surface area contributed by atoms with Crippen LogP contribution in [-0.4, -0.2) is 12.2 Å². The summed E-state index contributed by atoms with van der Waals surface area (Å²) >= 11 is 0. The molecule has 7 nitrogen and oxygen atoms in total. The highest BCUT2D eigenvalue weighted by atomic mass is 16.6. The Hall–Kier alpha value is -1.66. The summed E-state index contributed by atoms with van der Waals surface area (Å²) in [5.74, 6) is 0. The molecule has 2 amide bonds. The van der Waals surface area contributed by atoms with E-state index in [-0.39, 0.29) is 0 Å². The van der Waals surface area contributed by atoms with Crippen molar-refractivity contribution in [2.24, 2.45) is 11.5 Å². The van der Waals surface area contributed by atoms with Crippen LogP contribution in [0.1, 0.15) is 0 Å². The van der Waals surface area contributed by atoms with Crippen molar-refractivity contribution >= 4 is 12.2 Å². The van der Waals surface area contributed by atoms with Gasteiger partial charge in [0.25, 0.3) is 0 Å². The lowest BCUT2D eigenvalue weighted by Crippen LogP contribution is -2.22. The molecular weight excluding hydrogens is 128 g/mol. The van der Waals surface area contributed by atoms with E-state index in [2.05, 4.69) is 16.2 Å². The van der Waals surface area contributed by atoms with Gasteiger partial charge < -0.3 is 16.2 Å². The standard InChI is InChI=1S/C2H4N2O3.H2N2/c3-1(5)7-2(4)6;1-2/h(H2,3,5)(H2,4,6);1-2H. The fourth-order valence-corrected chi connectivity index (χ4v) is 0.0991. The second kappa shape index (κ2) is 6.34. The number of rotatable bonds is 0. The third kappa shape index (κ3) is 21.8. The number of ether oxygens (including phenoxy) is 1. The molecule has 0 saturated carbocycles. The van der Waals surface area contributed by atoms with Crippen LogP contribution in [0.3, 0.4) is 0 Å². The van der Waals surface area contributed by atoms with E-state index in [0.717, 1.165) is 0 Å². The number of hydrogen-bond donors (Lipinski definition) is 4. The van der Waals surface area contributed by atoms with Gasteiger partial charge in [0.2, 0.25) is 0 Å². The van der Waals surface area contributed by atoms with Gasteiger partial charge in [-0.1, -0.05) is 0 Å². The molecule has 52 valence electrons. The first-order valence-electron chi connectivity index (χ1n) is 1.64. The smallest absolute Gasteiger partial charge is 0.360 e. The minimum atomic E-state index is -1.19. The van der Waals surface area contributed by atoms with Gasteiger partial charge in [0.05, 0.1) is 0 Å². The average Bonchev–Trinajstić information content (AvgIpc) is 1.68. The number of carbonyl (C=O) groups excluding carboxylic acids is 2. The quantitative estimate of drug-likeness (QED) is 0.268. The first-order valence-corrected chi connectivity index (χ1v) is 1.64. The van der Waals surface area contributed by atoms with Gasteiger partial charge in [-0.25, -0.2) is 20.7 Å². The average molecular weight is 134 g/mol. The number of nitrogens with two attached hydrogens (primary N) is 2. The van der Waals surface area contributed by atoms with Gasteiger partial charge in [-0.3, -0.25) is 0 Å². The predicted octanol–water partition coefficient (Wildman–Crippen LogP) is -0.243. The Morgan fingerprint density at radius 2 is 1.33 bits per heavy atom. The number of primary amides is 2. The molecule has 0 atom stereocenters. The van der Waals surface area contributed by atoms with Gasteiger partial charge >= 0.3 is 12.2 Å². The molecule has 0 fully saturated rings. The molecule has 0 aromatic rings. The number of nitrogens with one attached hydrogen (secondary N) is 2. The van der Waals surface area contributed by atoms with E-state index in [1.807, 2.05) is 0 Å². The Balaban J connectivity index is 0. The molecule has 0 saturated heterocycles. The fourth-order valence-electron chi connectivity index (χ4n) is 0.0991. The minimum Gasteiger partial charge on any atom is -0.360 e. The van der Waals surface area contributed by atoms with Gasteiger partial charge in [-0.15, -0.1) is 0 Å². The molecule has 0 aliphatic carbocycles. The molecule has 0 radical (unpaired) electrons. The number of amides is 2. The van der Waals surface area contributed by atoms with E-state index in [0.29, 0.717) is 0 Å². The SMILES string of the molecule is N=N.NC(=O)OC(N)=O. The summed E-state index contributed by atoms with van der Waals surface area (Å²) < 4.78 is 3.53. The van der Waals surface area contributed by atoms with Crippen LogP contribution in [0.15, 0.2) is 0 Å². The van der Waals surface area contributed by atoms with Crippen LogP contribution in [0.4, 0.5) is 9.59 Å². The van der Waals surface area contributed by atoms with Gasteiger partial charge in [-0.2, -0.15) is 0 Å². The van der Waals surface area contributed by atoms with Crippen molar-refractivity contribution in [1.82, 2.24) is 0 Å². The zero-order valence-corrected chi connectivity index (χ0v) is 4.38. The Labute approximate surface area is 50.3 Å². The van der Waals surface area contributed by atoms with Crippen LogP contribution in [0.2, 0.25) is 0 Å². The highest BCUT2D eigenvalue weighted by molar-refractivity contribution is 5.81. The third-order valence-electron chi connectivity index (χ3n) is 0.201. The highest BCUT2D eigenvalue weighted by Gasteiger charge is 1.95. The second-order valence-corrected chi connectivity index (χ2v) is 0.740. The number of carbonyl (C=O) groups is 2. The summed E-state index contributed by atoms with van der Waals surface area (Å²) in [4.78, 5) is 19.0. The molecule has 9 heavy (non-hydrogen) atoms. The molecule has 0 heterocycles. The van der Waals surface area contributed by atoms with Crippen molar-refractivity contribution in [2.75, 3.05) is 0 Å². The largest absolute Gasteiger partial charge is 0.413 e. The summed E-state index contributed by atoms with van der Waals surface area (Å²) in [6.45, 7) is 0. The molecule has 0 spiro atoms. The third-order valence-corrected chi connectivity index (χ3v) is 0.201. The van der Waals surface area contributed by atoms with E-state index in [1.165, 1.54) is 0 Å². The Kier molecular flexibility index (Phi) is 7.29. The topological polar surface area (TPSA) is 143 Å². The summed E-state index contributed by atoms with van der Waals surface area (Å²) in [5, 5.41) is 0. The molecule has 6 N–H and O–H groups in total. The van der Waals surface area contributed by atoms with E-state index < -0.39 is 12.2 Å². The summed E-state index contributed by atoms with van der Waals surface area (Å²) in [6, 6.07) is 0. The summed E-state index contributed by atoms with van der Waals surface area (Å²) in [5.41, 5.74) is 18.7. The maximum atomic E-state index is 9.51. The second-order valence-electron chi connectivity index (χ2n) is 0.740. The van der Waals surface area contributed by atoms with Crippen molar-refractivity contribution in [3.05, 3.63) is 0 Å². The van der Waals surface area contributed by atoms with Crippen molar-refractivity contribution in [1.29, 1.82) is 11.1 Å². The van der Waals surface area contributed by atoms with Crippen molar-refractivity contribution < 1.29 is 14.3 Å². The normalized spacial score (nSPS) is 6.22. The van der Waals surface area contributed by atoms with Gasteiger partial charge in [0, 0.05) is 0 Å². The van der Waals surface area contributed by atoms with Crippen molar-refractivity contribution in [2.45, 2.75) is 0 Å². The maximum absolute atomic E-state index is 9.51. The van der Waals surface area contributed by atoms with Crippen LogP contribution in [0, 0.1) is 11.1 Å². The van der Waals surface area contributed by atoms with E-state index in [4.69, 9.17) is 11.1 Å². The van der Waals surface area contributed by atoms with Crippen LogP contribution < -0.4 is 11.5 Å². The maximum Gasteiger partial charge on any atom is 0.413 e. The number of hydrogen-bond acceptors (Lipinski definition) is 5. The summed E-state index contributed by atoms with van der Waals surface area (Å²) in [7, 11) is 0. The monoisotopic (exact) mass is 134 g/mol. The lowest BCUT2D eigenvalue weighted by Gasteiger charge is -1.87. The Morgan fingerprint density at radius 3 is 1.33 bits per heavy atom. The highest BCUT2D eigenvalue weighted by Crippen LogP contribution is 1.67. The van der Waals surface area contributed by atoms with Crippen LogP contribution in [-0.2, 0) is 4.74 Å². The zero-order valence-electron chi connectivity index (χ0n) is 4.38. The van der Waals surface area contributed by atoms with E-state index in [1.54, 1.807) is 0 Å². The lowest BCUT2D eigenvalue weighted by atomic mass is 11.1. The van der Waals surface area contributed by atoms with Crippen LogP contribution in [0.5, 0.6) is 0 Å². The Morgan fingerprint density at radius 1 is 1.11 bits per heavy atom. The van der Waals surface area contributed by atoms with Crippen molar-refractivity contribution in [3.8, 4) is 0 Å². The molecule has 0 rings (SSSR count). The minimum absolute atomic E-state index is 1.19. The molecule has 0 aliphatic heterocycles. The zero-order chi connectivity index (χ0) is 7.86. The molecule has 0 aromatic heterocycles.